The highest BCUT2D eigenvalue weighted by molar-refractivity contribution is 14.0. The fraction of sp³-hybridized carbons (Fsp3) is 0.933. The molecule has 0 heterocycles. The molecular formula is C15H32IN3O. The molecule has 0 aromatic heterocycles. The molecule has 0 radical (unpaired) electrons. The number of methoxy groups -OCH3 is 1. The van der Waals surface area contributed by atoms with Crippen LogP contribution in [0.2, 0.25) is 0 Å². The second kappa shape index (κ2) is 13.9. The number of guanidine groups is 1. The summed E-state index contributed by atoms with van der Waals surface area (Å²) in [6.45, 7) is 5.45. The summed E-state index contributed by atoms with van der Waals surface area (Å²) in [6, 6.07) is 0. The van der Waals surface area contributed by atoms with E-state index in [0.717, 1.165) is 31.5 Å². The molecule has 1 aliphatic rings. The Kier molecular flexibility index (Phi) is 13.9. The fourth-order valence-electron chi connectivity index (χ4n) is 2.66. The van der Waals surface area contributed by atoms with Crippen molar-refractivity contribution < 1.29 is 4.74 Å². The predicted molar refractivity (Wildman–Crippen MR) is 97.1 cm³/mol. The molecule has 0 bridgehead atoms. The maximum atomic E-state index is 5.03. The molecule has 20 heavy (non-hydrogen) atoms. The molecule has 0 aliphatic heterocycles. The Bertz CT molecular complexity index is 243. The van der Waals surface area contributed by atoms with Crippen molar-refractivity contribution in [2.24, 2.45) is 10.9 Å². The minimum absolute atomic E-state index is 0. The van der Waals surface area contributed by atoms with Gasteiger partial charge in [-0.2, -0.15) is 0 Å². The van der Waals surface area contributed by atoms with E-state index in [1.54, 1.807) is 7.11 Å². The Morgan fingerprint density at radius 3 is 2.60 bits per heavy atom. The molecule has 0 amide bonds. The van der Waals surface area contributed by atoms with Crippen molar-refractivity contribution in [3.63, 3.8) is 0 Å². The van der Waals surface area contributed by atoms with Gasteiger partial charge in [0.15, 0.2) is 5.96 Å². The number of hydrogen-bond donors (Lipinski definition) is 2. The van der Waals surface area contributed by atoms with E-state index in [1.807, 2.05) is 0 Å². The average Bonchev–Trinajstić information content (AvgIpc) is 2.45. The van der Waals surface area contributed by atoms with Gasteiger partial charge in [0.25, 0.3) is 0 Å². The van der Waals surface area contributed by atoms with Gasteiger partial charge in [-0.15, -0.1) is 24.0 Å². The van der Waals surface area contributed by atoms with E-state index < -0.39 is 0 Å². The lowest BCUT2D eigenvalue weighted by Crippen LogP contribution is -2.39. The number of rotatable bonds is 8. The van der Waals surface area contributed by atoms with Crippen LogP contribution in [-0.4, -0.2) is 39.3 Å². The third-order valence-electron chi connectivity index (χ3n) is 3.71. The molecule has 120 valence electrons. The average molecular weight is 397 g/mol. The summed E-state index contributed by atoms with van der Waals surface area (Å²) < 4.78 is 5.03. The topological polar surface area (TPSA) is 45.7 Å². The van der Waals surface area contributed by atoms with E-state index in [0.29, 0.717) is 6.61 Å². The summed E-state index contributed by atoms with van der Waals surface area (Å²) in [5.41, 5.74) is 0. The van der Waals surface area contributed by atoms with Crippen molar-refractivity contribution in [2.45, 2.75) is 51.9 Å². The molecule has 0 atom stereocenters. The van der Waals surface area contributed by atoms with Crippen LogP contribution in [0, 0.1) is 5.92 Å². The summed E-state index contributed by atoms with van der Waals surface area (Å²) in [6.07, 6.45) is 9.77. The van der Waals surface area contributed by atoms with Crippen molar-refractivity contribution in [1.82, 2.24) is 10.6 Å². The molecule has 1 aliphatic carbocycles. The molecule has 0 spiro atoms. The van der Waals surface area contributed by atoms with Crippen molar-refractivity contribution >= 4 is 29.9 Å². The molecule has 2 N–H and O–H groups in total. The largest absolute Gasteiger partial charge is 0.383 e. The van der Waals surface area contributed by atoms with Crippen molar-refractivity contribution in [3.8, 4) is 0 Å². The smallest absolute Gasteiger partial charge is 0.191 e. The quantitative estimate of drug-likeness (QED) is 0.286. The van der Waals surface area contributed by atoms with Crippen LogP contribution in [0.15, 0.2) is 4.99 Å². The molecule has 4 nitrogen and oxygen atoms in total. The van der Waals surface area contributed by atoms with Gasteiger partial charge >= 0.3 is 0 Å². The van der Waals surface area contributed by atoms with Gasteiger partial charge in [-0.25, -0.2) is 0 Å². The molecule has 5 heteroatoms. The maximum Gasteiger partial charge on any atom is 0.191 e. The Morgan fingerprint density at radius 1 is 1.20 bits per heavy atom. The number of nitrogens with zero attached hydrogens (tertiary/aromatic N) is 1. The van der Waals surface area contributed by atoms with Gasteiger partial charge in [-0.1, -0.05) is 32.1 Å². The summed E-state index contributed by atoms with van der Waals surface area (Å²) in [4.78, 5) is 4.61. The van der Waals surface area contributed by atoms with Crippen LogP contribution in [0.4, 0.5) is 0 Å². The van der Waals surface area contributed by atoms with Crippen LogP contribution >= 0.6 is 24.0 Å². The van der Waals surface area contributed by atoms with E-state index in [9.17, 15) is 0 Å². The first kappa shape index (κ1) is 20.0. The first-order chi connectivity index (χ1) is 9.36. The highest BCUT2D eigenvalue weighted by atomic mass is 127. The Hall–Kier alpha value is -0.0400. The Balaban J connectivity index is 0.00000361. The van der Waals surface area contributed by atoms with E-state index >= 15 is 0 Å². The summed E-state index contributed by atoms with van der Waals surface area (Å²) in [5, 5.41) is 6.54. The van der Waals surface area contributed by atoms with Crippen LogP contribution in [0.25, 0.3) is 0 Å². The number of nitrogens with one attached hydrogen (secondary N) is 2. The van der Waals surface area contributed by atoms with Crippen LogP contribution < -0.4 is 10.6 Å². The Morgan fingerprint density at radius 2 is 1.95 bits per heavy atom. The number of hydrogen-bond acceptors (Lipinski definition) is 2. The highest BCUT2D eigenvalue weighted by Gasteiger charge is 2.12. The minimum atomic E-state index is 0. The van der Waals surface area contributed by atoms with Crippen LogP contribution in [0.5, 0.6) is 0 Å². The van der Waals surface area contributed by atoms with Crippen LogP contribution in [0.1, 0.15) is 51.9 Å². The molecule has 1 rings (SSSR count). The minimum Gasteiger partial charge on any atom is -0.383 e. The standard InChI is InChI=1S/C15H31N3O.HI/c1-3-16-15(18-12-13-19-2)17-11-7-10-14-8-5-4-6-9-14;/h14H,3-13H2,1-2H3,(H2,16,17,18);1H. The lowest BCUT2D eigenvalue weighted by molar-refractivity contribution is 0.203. The molecule has 0 saturated heterocycles. The zero-order chi connectivity index (χ0) is 13.8. The lowest BCUT2D eigenvalue weighted by atomic mass is 9.86. The number of ether oxygens (including phenoxy) is 1. The number of aliphatic imine (C=N–C) groups is 1. The van der Waals surface area contributed by atoms with Crippen molar-refractivity contribution in [2.75, 3.05) is 33.4 Å². The van der Waals surface area contributed by atoms with Gasteiger partial charge in [-0.3, -0.25) is 4.99 Å². The Labute approximate surface area is 141 Å². The molecule has 0 aromatic rings. The van der Waals surface area contributed by atoms with Gasteiger partial charge < -0.3 is 15.4 Å². The number of halogens is 1. The first-order valence-corrected chi connectivity index (χ1v) is 7.88. The van der Waals surface area contributed by atoms with Gasteiger partial charge in [0, 0.05) is 26.7 Å². The zero-order valence-corrected chi connectivity index (χ0v) is 15.4. The summed E-state index contributed by atoms with van der Waals surface area (Å²) in [7, 11) is 1.72. The van der Waals surface area contributed by atoms with E-state index in [2.05, 4.69) is 22.5 Å². The van der Waals surface area contributed by atoms with Crippen molar-refractivity contribution in [1.29, 1.82) is 0 Å². The molecule has 0 aromatic carbocycles. The fourth-order valence-corrected chi connectivity index (χ4v) is 2.66. The SMILES string of the molecule is CCNC(=NCCCC1CCCCC1)NCCOC.I. The van der Waals surface area contributed by atoms with Gasteiger partial charge in [0.2, 0.25) is 0 Å². The third kappa shape index (κ3) is 9.80. The molecule has 1 fully saturated rings. The second-order valence-electron chi connectivity index (χ2n) is 5.33. The summed E-state index contributed by atoms with van der Waals surface area (Å²) in [5.74, 6) is 1.89. The highest BCUT2D eigenvalue weighted by Crippen LogP contribution is 2.27. The molecular weight excluding hydrogens is 365 g/mol. The summed E-state index contributed by atoms with van der Waals surface area (Å²) >= 11 is 0. The van der Waals surface area contributed by atoms with E-state index in [4.69, 9.17) is 4.74 Å². The van der Waals surface area contributed by atoms with Crippen LogP contribution in [-0.2, 0) is 4.74 Å². The molecule has 1 saturated carbocycles. The normalized spacial score (nSPS) is 16.6. The van der Waals surface area contributed by atoms with Gasteiger partial charge in [0.05, 0.1) is 6.61 Å². The van der Waals surface area contributed by atoms with Crippen LogP contribution in [0.3, 0.4) is 0 Å². The first-order valence-electron chi connectivity index (χ1n) is 7.88. The molecule has 0 unspecified atom stereocenters. The van der Waals surface area contributed by atoms with E-state index in [1.165, 1.54) is 44.9 Å². The maximum absolute atomic E-state index is 5.03. The lowest BCUT2D eigenvalue weighted by Gasteiger charge is -2.20. The predicted octanol–water partition coefficient (Wildman–Crippen LogP) is 3.17. The zero-order valence-electron chi connectivity index (χ0n) is 13.1. The second-order valence-corrected chi connectivity index (χ2v) is 5.33. The van der Waals surface area contributed by atoms with Gasteiger partial charge in [-0.05, 0) is 25.7 Å². The van der Waals surface area contributed by atoms with E-state index in [-0.39, 0.29) is 24.0 Å². The third-order valence-corrected chi connectivity index (χ3v) is 3.71. The monoisotopic (exact) mass is 397 g/mol. The van der Waals surface area contributed by atoms with Gasteiger partial charge in [0.1, 0.15) is 0 Å². The van der Waals surface area contributed by atoms with Crippen molar-refractivity contribution in [3.05, 3.63) is 0 Å².